The van der Waals surface area contributed by atoms with Gasteiger partial charge in [-0.3, -0.25) is 4.79 Å². The summed E-state index contributed by atoms with van der Waals surface area (Å²) in [5.74, 6) is -2.05. The fourth-order valence-corrected chi connectivity index (χ4v) is 2.24. The minimum atomic E-state index is -0.909. The zero-order valence-corrected chi connectivity index (χ0v) is 12.8. The van der Waals surface area contributed by atoms with Crippen molar-refractivity contribution in [2.45, 2.75) is 6.10 Å². The molecule has 0 spiro atoms. The van der Waals surface area contributed by atoms with Gasteiger partial charge in [0, 0.05) is 19.2 Å². The van der Waals surface area contributed by atoms with E-state index in [1.54, 1.807) is 12.1 Å². The van der Waals surface area contributed by atoms with Crippen molar-refractivity contribution < 1.29 is 23.0 Å². The highest BCUT2D eigenvalue weighted by atomic mass is 19.1. The third-order valence-electron chi connectivity index (χ3n) is 3.41. The van der Waals surface area contributed by atoms with Crippen LogP contribution in [0.25, 0.3) is 0 Å². The summed E-state index contributed by atoms with van der Waals surface area (Å²) in [5, 5.41) is 2.48. The van der Waals surface area contributed by atoms with Gasteiger partial charge in [0.1, 0.15) is 29.1 Å². The number of rotatable bonds is 6. The van der Waals surface area contributed by atoms with E-state index in [0.717, 1.165) is 17.7 Å². The predicted molar refractivity (Wildman–Crippen MR) is 81.4 cm³/mol. The van der Waals surface area contributed by atoms with Crippen molar-refractivity contribution in [1.29, 1.82) is 0 Å². The number of nitrogens with one attached hydrogen (secondary N) is 1. The minimum Gasteiger partial charge on any atom is -0.496 e. The molecule has 0 saturated heterocycles. The third kappa shape index (κ3) is 3.84. The summed E-state index contributed by atoms with van der Waals surface area (Å²) in [6.07, 6.45) is -0.509. The molecule has 6 heteroatoms. The molecule has 1 unspecified atom stereocenters. The Hall–Kier alpha value is -2.47. The Bertz CT molecular complexity index is 671. The second kappa shape index (κ2) is 7.69. The van der Waals surface area contributed by atoms with E-state index >= 15 is 0 Å². The standard InChI is InChI=1S/C17H17F2NO3/c1-22-14-9-4-3-6-11(14)15(23-2)10-20-17(21)16-12(18)7-5-8-13(16)19/h3-9,15H,10H2,1-2H3,(H,20,21). The highest BCUT2D eigenvalue weighted by Crippen LogP contribution is 2.26. The van der Waals surface area contributed by atoms with Gasteiger partial charge in [0.15, 0.2) is 0 Å². The molecule has 0 aliphatic carbocycles. The number of para-hydroxylation sites is 1. The van der Waals surface area contributed by atoms with Crippen molar-refractivity contribution >= 4 is 5.91 Å². The zero-order valence-electron chi connectivity index (χ0n) is 12.8. The summed E-state index contributed by atoms with van der Waals surface area (Å²) < 4.78 is 37.8. The zero-order chi connectivity index (χ0) is 16.8. The number of hydrogen-bond acceptors (Lipinski definition) is 3. The van der Waals surface area contributed by atoms with Gasteiger partial charge in [-0.05, 0) is 18.2 Å². The summed E-state index contributed by atoms with van der Waals surface area (Å²) in [6.45, 7) is 0.0451. The van der Waals surface area contributed by atoms with Crippen LogP contribution in [0.2, 0.25) is 0 Å². The first-order valence-electron chi connectivity index (χ1n) is 6.96. The fraction of sp³-hybridized carbons (Fsp3) is 0.235. The molecule has 2 aromatic rings. The van der Waals surface area contributed by atoms with Gasteiger partial charge in [0.2, 0.25) is 0 Å². The maximum Gasteiger partial charge on any atom is 0.257 e. The number of carbonyl (C=O) groups excluding carboxylic acids is 1. The molecule has 2 aromatic carbocycles. The quantitative estimate of drug-likeness (QED) is 0.889. The van der Waals surface area contributed by atoms with Crippen molar-refractivity contribution in [3.8, 4) is 5.75 Å². The van der Waals surface area contributed by atoms with Gasteiger partial charge in [-0.2, -0.15) is 0 Å². The smallest absolute Gasteiger partial charge is 0.257 e. The molecule has 1 atom stereocenters. The summed E-state index contributed by atoms with van der Waals surface area (Å²) in [4.78, 5) is 12.0. The molecule has 0 aromatic heterocycles. The molecule has 0 fully saturated rings. The van der Waals surface area contributed by atoms with E-state index in [0.29, 0.717) is 5.75 Å². The molecular formula is C17H17F2NO3. The van der Waals surface area contributed by atoms with Crippen LogP contribution in [0.4, 0.5) is 8.78 Å². The van der Waals surface area contributed by atoms with Crippen molar-refractivity contribution in [2.75, 3.05) is 20.8 Å². The molecule has 1 N–H and O–H groups in total. The van der Waals surface area contributed by atoms with Crippen LogP contribution in [0.1, 0.15) is 22.0 Å². The van der Waals surface area contributed by atoms with E-state index in [4.69, 9.17) is 9.47 Å². The number of halogens is 2. The number of methoxy groups -OCH3 is 2. The van der Waals surface area contributed by atoms with Gasteiger partial charge in [-0.25, -0.2) is 8.78 Å². The van der Waals surface area contributed by atoms with Crippen LogP contribution in [0.5, 0.6) is 5.75 Å². The van der Waals surface area contributed by atoms with Crippen LogP contribution in [0.3, 0.4) is 0 Å². The Kier molecular flexibility index (Phi) is 5.65. The van der Waals surface area contributed by atoms with Crippen molar-refractivity contribution in [3.63, 3.8) is 0 Å². The Balaban J connectivity index is 2.13. The van der Waals surface area contributed by atoms with Crippen molar-refractivity contribution in [2.24, 2.45) is 0 Å². The molecule has 0 aliphatic rings. The normalized spacial score (nSPS) is 11.8. The molecule has 23 heavy (non-hydrogen) atoms. The molecule has 0 aliphatic heterocycles. The number of carbonyl (C=O) groups is 1. The molecule has 0 heterocycles. The number of hydrogen-bond donors (Lipinski definition) is 1. The Morgan fingerprint density at radius 1 is 1.09 bits per heavy atom. The lowest BCUT2D eigenvalue weighted by Gasteiger charge is -2.19. The van der Waals surface area contributed by atoms with Gasteiger partial charge in [0.25, 0.3) is 5.91 Å². The molecule has 0 saturated carbocycles. The summed E-state index contributed by atoms with van der Waals surface area (Å²) in [6, 6.07) is 10.4. The second-order valence-electron chi connectivity index (χ2n) is 4.77. The Morgan fingerprint density at radius 3 is 2.35 bits per heavy atom. The van der Waals surface area contributed by atoms with Gasteiger partial charge in [-0.1, -0.05) is 24.3 Å². The molecular weight excluding hydrogens is 304 g/mol. The van der Waals surface area contributed by atoms with Crippen LogP contribution in [-0.4, -0.2) is 26.7 Å². The maximum absolute atomic E-state index is 13.6. The highest BCUT2D eigenvalue weighted by molar-refractivity contribution is 5.94. The number of benzene rings is 2. The lowest BCUT2D eigenvalue weighted by atomic mass is 10.1. The number of amides is 1. The average molecular weight is 321 g/mol. The van der Waals surface area contributed by atoms with Gasteiger partial charge in [0.05, 0.1) is 7.11 Å². The Morgan fingerprint density at radius 2 is 1.74 bits per heavy atom. The average Bonchev–Trinajstić information content (AvgIpc) is 2.55. The van der Waals surface area contributed by atoms with Crippen LogP contribution in [0.15, 0.2) is 42.5 Å². The molecule has 4 nitrogen and oxygen atoms in total. The van der Waals surface area contributed by atoms with Crippen LogP contribution < -0.4 is 10.1 Å². The lowest BCUT2D eigenvalue weighted by Crippen LogP contribution is -2.30. The van der Waals surface area contributed by atoms with E-state index in [1.807, 2.05) is 12.1 Å². The van der Waals surface area contributed by atoms with E-state index < -0.39 is 29.2 Å². The van der Waals surface area contributed by atoms with Gasteiger partial charge < -0.3 is 14.8 Å². The van der Waals surface area contributed by atoms with Gasteiger partial charge in [-0.15, -0.1) is 0 Å². The lowest BCUT2D eigenvalue weighted by molar-refractivity contribution is 0.0813. The predicted octanol–water partition coefficient (Wildman–Crippen LogP) is 3.09. The molecule has 122 valence electrons. The first kappa shape index (κ1) is 16.9. The first-order chi connectivity index (χ1) is 11.1. The third-order valence-corrected chi connectivity index (χ3v) is 3.41. The van der Waals surface area contributed by atoms with Crippen LogP contribution >= 0.6 is 0 Å². The second-order valence-corrected chi connectivity index (χ2v) is 4.77. The first-order valence-corrected chi connectivity index (χ1v) is 6.96. The largest absolute Gasteiger partial charge is 0.496 e. The summed E-state index contributed by atoms with van der Waals surface area (Å²) >= 11 is 0. The summed E-state index contributed by atoms with van der Waals surface area (Å²) in [7, 11) is 3.01. The van der Waals surface area contributed by atoms with Crippen LogP contribution in [0, 0.1) is 11.6 Å². The van der Waals surface area contributed by atoms with Crippen molar-refractivity contribution in [3.05, 3.63) is 65.2 Å². The van der Waals surface area contributed by atoms with E-state index in [1.165, 1.54) is 20.3 Å². The van der Waals surface area contributed by atoms with E-state index in [9.17, 15) is 13.6 Å². The van der Waals surface area contributed by atoms with Gasteiger partial charge >= 0.3 is 0 Å². The van der Waals surface area contributed by atoms with Crippen molar-refractivity contribution in [1.82, 2.24) is 5.32 Å². The molecule has 0 bridgehead atoms. The van der Waals surface area contributed by atoms with E-state index in [-0.39, 0.29) is 6.54 Å². The molecule has 1 amide bonds. The highest BCUT2D eigenvalue weighted by Gasteiger charge is 2.20. The summed E-state index contributed by atoms with van der Waals surface area (Å²) in [5.41, 5.74) is 0.120. The Labute approximate surface area is 133 Å². The topological polar surface area (TPSA) is 47.6 Å². The van der Waals surface area contributed by atoms with E-state index in [2.05, 4.69) is 5.32 Å². The van der Waals surface area contributed by atoms with Crippen LogP contribution in [-0.2, 0) is 4.74 Å². The fourth-order valence-electron chi connectivity index (χ4n) is 2.24. The SMILES string of the molecule is COc1ccccc1C(CNC(=O)c1c(F)cccc1F)OC. The minimum absolute atomic E-state index is 0.0451. The number of ether oxygens (including phenoxy) is 2. The monoisotopic (exact) mass is 321 g/mol. The molecule has 0 radical (unpaired) electrons. The maximum atomic E-state index is 13.6. The molecule has 2 rings (SSSR count).